The highest BCUT2D eigenvalue weighted by Gasteiger charge is 2.36. The summed E-state index contributed by atoms with van der Waals surface area (Å²) in [6, 6.07) is 2.06. The zero-order chi connectivity index (χ0) is 12.8. The zero-order valence-corrected chi connectivity index (χ0v) is 9.69. The first-order chi connectivity index (χ1) is 7.25. The Morgan fingerprint density at radius 2 is 2.00 bits per heavy atom. The van der Waals surface area contributed by atoms with Gasteiger partial charge in [-0.25, -0.2) is 0 Å². The Balaban J connectivity index is 3.82. The third kappa shape index (κ3) is 5.33. The van der Waals surface area contributed by atoms with Gasteiger partial charge in [-0.2, -0.15) is 18.4 Å². The fraction of sp³-hybridized carbons (Fsp3) is 0.900. The van der Waals surface area contributed by atoms with Gasteiger partial charge < -0.3 is 10.1 Å². The van der Waals surface area contributed by atoms with Crippen molar-refractivity contribution < 1.29 is 17.9 Å². The fourth-order valence-electron chi connectivity index (χ4n) is 1.02. The monoisotopic (exact) mass is 238 g/mol. The highest BCUT2D eigenvalue weighted by Crippen LogP contribution is 2.22. The topological polar surface area (TPSA) is 45.0 Å². The first-order valence-corrected chi connectivity index (χ1v) is 5.03. The first kappa shape index (κ1) is 15.2. The molecule has 0 aromatic carbocycles. The third-order valence-electron chi connectivity index (χ3n) is 2.45. The largest absolute Gasteiger partial charge is 0.414 e. The smallest absolute Gasteiger partial charge is 0.369 e. The summed E-state index contributed by atoms with van der Waals surface area (Å²) in [5.74, 6) is 0. The summed E-state index contributed by atoms with van der Waals surface area (Å²) in [7, 11) is 1.64. The van der Waals surface area contributed by atoms with Gasteiger partial charge >= 0.3 is 6.18 Å². The van der Waals surface area contributed by atoms with Crippen molar-refractivity contribution >= 4 is 0 Å². The predicted octanol–water partition coefficient (Wildman–Crippen LogP) is 2.24. The van der Waals surface area contributed by atoms with Gasteiger partial charge in [0.25, 0.3) is 0 Å². The van der Waals surface area contributed by atoms with Crippen LogP contribution in [0.5, 0.6) is 0 Å². The predicted molar refractivity (Wildman–Crippen MR) is 53.8 cm³/mol. The van der Waals surface area contributed by atoms with Crippen LogP contribution in [0.2, 0.25) is 0 Å². The molecule has 0 saturated heterocycles. The van der Waals surface area contributed by atoms with Gasteiger partial charge in [-0.1, -0.05) is 0 Å². The van der Waals surface area contributed by atoms with Crippen LogP contribution in [0.25, 0.3) is 0 Å². The molecule has 0 aliphatic carbocycles. The van der Waals surface area contributed by atoms with Gasteiger partial charge in [0.05, 0.1) is 6.07 Å². The zero-order valence-electron chi connectivity index (χ0n) is 9.69. The van der Waals surface area contributed by atoms with Gasteiger partial charge in [0.15, 0.2) is 6.10 Å². The Bertz CT molecular complexity index is 249. The average molecular weight is 238 g/mol. The van der Waals surface area contributed by atoms with E-state index in [0.717, 1.165) is 6.92 Å². The molecule has 0 aromatic heterocycles. The van der Waals surface area contributed by atoms with Gasteiger partial charge in [0, 0.05) is 6.61 Å². The summed E-state index contributed by atoms with van der Waals surface area (Å²) in [4.78, 5) is 0. The highest BCUT2D eigenvalue weighted by molar-refractivity contribution is 5.02. The number of hydrogen-bond donors (Lipinski definition) is 1. The van der Waals surface area contributed by atoms with Gasteiger partial charge in [-0.15, -0.1) is 0 Å². The molecule has 6 heteroatoms. The van der Waals surface area contributed by atoms with Gasteiger partial charge in [0.1, 0.15) is 5.54 Å². The molecule has 2 atom stereocenters. The molecule has 0 aliphatic rings. The highest BCUT2D eigenvalue weighted by atomic mass is 19.4. The van der Waals surface area contributed by atoms with E-state index in [4.69, 9.17) is 5.26 Å². The minimum absolute atomic E-state index is 0.000370. The molecule has 0 rings (SSSR count). The molecular formula is C10H17F3N2O. The maximum atomic E-state index is 12.1. The van der Waals surface area contributed by atoms with Crippen molar-refractivity contribution in [2.24, 2.45) is 0 Å². The second kappa shape index (κ2) is 6.06. The number of hydrogen-bond acceptors (Lipinski definition) is 3. The maximum Gasteiger partial charge on any atom is 0.414 e. The van der Waals surface area contributed by atoms with E-state index in [0.29, 0.717) is 12.8 Å². The summed E-state index contributed by atoms with van der Waals surface area (Å²) in [6.45, 7) is 2.67. The second-order valence-corrected chi connectivity index (χ2v) is 3.85. The lowest BCUT2D eigenvalue weighted by atomic mass is 9.98. The summed E-state index contributed by atoms with van der Waals surface area (Å²) in [5, 5.41) is 11.6. The minimum Gasteiger partial charge on any atom is -0.369 e. The molecule has 0 aliphatic heterocycles. The summed E-state index contributed by atoms with van der Waals surface area (Å²) >= 11 is 0. The minimum atomic E-state index is -4.32. The molecule has 0 radical (unpaired) electrons. The van der Waals surface area contributed by atoms with E-state index in [-0.39, 0.29) is 6.61 Å². The number of alkyl halides is 3. The van der Waals surface area contributed by atoms with Crippen LogP contribution in [0.4, 0.5) is 13.2 Å². The molecule has 3 nitrogen and oxygen atoms in total. The van der Waals surface area contributed by atoms with Crippen molar-refractivity contribution in [3.05, 3.63) is 0 Å². The van der Waals surface area contributed by atoms with Crippen LogP contribution >= 0.6 is 0 Å². The number of nitriles is 1. The molecule has 0 bridgehead atoms. The summed E-state index contributed by atoms with van der Waals surface area (Å²) in [5.41, 5.74) is -0.704. The Hall–Kier alpha value is -0.800. The Morgan fingerprint density at radius 3 is 2.38 bits per heavy atom. The molecule has 0 spiro atoms. The number of nitrogens with one attached hydrogen (secondary N) is 1. The van der Waals surface area contributed by atoms with Crippen molar-refractivity contribution in [2.45, 2.75) is 44.5 Å². The Kier molecular flexibility index (Phi) is 5.76. The fourth-order valence-corrected chi connectivity index (χ4v) is 1.02. The van der Waals surface area contributed by atoms with E-state index in [2.05, 4.69) is 16.1 Å². The lowest BCUT2D eigenvalue weighted by Gasteiger charge is -2.21. The Labute approximate surface area is 93.6 Å². The van der Waals surface area contributed by atoms with Crippen LogP contribution < -0.4 is 5.32 Å². The van der Waals surface area contributed by atoms with Gasteiger partial charge in [0.2, 0.25) is 0 Å². The molecule has 2 unspecified atom stereocenters. The first-order valence-electron chi connectivity index (χ1n) is 5.03. The number of nitrogens with zero attached hydrogens (tertiary/aromatic N) is 1. The van der Waals surface area contributed by atoms with Crippen molar-refractivity contribution in [1.29, 1.82) is 5.26 Å². The van der Waals surface area contributed by atoms with Crippen molar-refractivity contribution in [2.75, 3.05) is 13.7 Å². The lowest BCUT2D eigenvalue weighted by molar-refractivity contribution is -0.214. The quantitative estimate of drug-likeness (QED) is 0.722. The van der Waals surface area contributed by atoms with E-state index < -0.39 is 17.8 Å². The van der Waals surface area contributed by atoms with Gasteiger partial charge in [-0.3, -0.25) is 0 Å². The van der Waals surface area contributed by atoms with Crippen LogP contribution in [0.3, 0.4) is 0 Å². The molecule has 94 valence electrons. The molecule has 0 heterocycles. The molecule has 0 aromatic rings. The van der Waals surface area contributed by atoms with Crippen LogP contribution in [0.1, 0.15) is 26.7 Å². The van der Waals surface area contributed by atoms with E-state index in [9.17, 15) is 13.2 Å². The molecule has 0 fully saturated rings. The van der Waals surface area contributed by atoms with Crippen LogP contribution in [-0.2, 0) is 4.74 Å². The van der Waals surface area contributed by atoms with Crippen molar-refractivity contribution in [3.8, 4) is 6.07 Å². The number of rotatable bonds is 6. The SMILES string of the molecule is CNC(C)(C#N)CCCOC(C)C(F)(F)F. The maximum absolute atomic E-state index is 12.1. The lowest BCUT2D eigenvalue weighted by Crippen LogP contribution is -2.38. The molecular weight excluding hydrogens is 221 g/mol. The second-order valence-electron chi connectivity index (χ2n) is 3.85. The van der Waals surface area contributed by atoms with Crippen molar-refractivity contribution in [3.63, 3.8) is 0 Å². The van der Waals surface area contributed by atoms with Crippen molar-refractivity contribution in [1.82, 2.24) is 5.32 Å². The van der Waals surface area contributed by atoms with E-state index >= 15 is 0 Å². The van der Waals surface area contributed by atoms with E-state index in [1.54, 1.807) is 14.0 Å². The van der Waals surface area contributed by atoms with Crippen LogP contribution in [-0.4, -0.2) is 31.5 Å². The van der Waals surface area contributed by atoms with E-state index in [1.807, 2.05) is 0 Å². The molecule has 1 N–H and O–H groups in total. The normalized spacial score (nSPS) is 17.6. The van der Waals surface area contributed by atoms with Crippen LogP contribution in [0, 0.1) is 11.3 Å². The van der Waals surface area contributed by atoms with E-state index in [1.165, 1.54) is 0 Å². The molecule has 0 saturated carbocycles. The number of ether oxygens (including phenoxy) is 1. The average Bonchev–Trinajstić information content (AvgIpc) is 2.22. The molecule has 16 heavy (non-hydrogen) atoms. The molecule has 0 amide bonds. The summed E-state index contributed by atoms with van der Waals surface area (Å²) < 4.78 is 40.8. The van der Waals surface area contributed by atoms with Gasteiger partial charge in [-0.05, 0) is 33.7 Å². The Morgan fingerprint density at radius 1 is 1.44 bits per heavy atom. The number of halogens is 3. The summed E-state index contributed by atoms with van der Waals surface area (Å²) in [6.07, 6.45) is -5.22. The standard InChI is InChI=1S/C10H17F3N2O/c1-8(10(11,12)13)16-6-4-5-9(2,7-14)15-3/h8,15H,4-6H2,1-3H3. The van der Waals surface area contributed by atoms with Crippen LogP contribution in [0.15, 0.2) is 0 Å². The third-order valence-corrected chi connectivity index (χ3v) is 2.45.